The van der Waals surface area contributed by atoms with Crippen molar-refractivity contribution in [1.29, 1.82) is 0 Å². The highest BCUT2D eigenvalue weighted by atomic mass is 16.5. The molecule has 0 fully saturated rings. The van der Waals surface area contributed by atoms with Crippen molar-refractivity contribution in [2.24, 2.45) is 4.99 Å². The Kier molecular flexibility index (Phi) is 5.04. The lowest BCUT2D eigenvalue weighted by atomic mass is 10.1. The molecule has 0 spiro atoms. The third-order valence-corrected chi connectivity index (χ3v) is 3.39. The minimum absolute atomic E-state index is 0.0580. The molecule has 6 heteroatoms. The fourth-order valence-electron chi connectivity index (χ4n) is 2.22. The molecule has 0 unspecified atom stereocenters. The standard InChI is InChI=1S/C16H19NO5/c1-10(15-12(18)9-22-16(15)19)17-7-6-11-4-5-13(20-2)14(8-11)21-3/h4-5,8,18H,6-7,9H2,1-3H3. The number of aliphatic hydroxyl groups is 1. The van der Waals surface area contributed by atoms with E-state index in [2.05, 4.69) is 4.99 Å². The summed E-state index contributed by atoms with van der Waals surface area (Å²) < 4.78 is 15.2. The Balaban J connectivity index is 2.03. The van der Waals surface area contributed by atoms with Gasteiger partial charge in [0.15, 0.2) is 11.5 Å². The van der Waals surface area contributed by atoms with Gasteiger partial charge in [0.25, 0.3) is 0 Å². The maximum atomic E-state index is 11.5. The van der Waals surface area contributed by atoms with Gasteiger partial charge in [-0.25, -0.2) is 4.79 Å². The largest absolute Gasteiger partial charge is 0.508 e. The van der Waals surface area contributed by atoms with Crippen LogP contribution in [0.4, 0.5) is 0 Å². The molecule has 0 saturated heterocycles. The molecule has 1 aliphatic heterocycles. The molecule has 0 aromatic heterocycles. The third-order valence-electron chi connectivity index (χ3n) is 3.39. The first-order valence-electron chi connectivity index (χ1n) is 6.88. The van der Waals surface area contributed by atoms with E-state index in [-0.39, 0.29) is 17.9 Å². The number of carbonyl (C=O) groups is 1. The summed E-state index contributed by atoms with van der Waals surface area (Å²) >= 11 is 0. The van der Waals surface area contributed by atoms with E-state index in [0.717, 1.165) is 5.56 Å². The Morgan fingerprint density at radius 2 is 2.05 bits per heavy atom. The van der Waals surface area contributed by atoms with Gasteiger partial charge >= 0.3 is 5.97 Å². The van der Waals surface area contributed by atoms with Crippen molar-refractivity contribution < 1.29 is 24.1 Å². The van der Waals surface area contributed by atoms with E-state index in [1.807, 2.05) is 18.2 Å². The van der Waals surface area contributed by atoms with Crippen LogP contribution in [0, 0.1) is 0 Å². The van der Waals surface area contributed by atoms with Crippen LogP contribution < -0.4 is 9.47 Å². The zero-order valence-electron chi connectivity index (χ0n) is 12.9. The zero-order valence-corrected chi connectivity index (χ0v) is 12.9. The van der Waals surface area contributed by atoms with Crippen LogP contribution in [0.1, 0.15) is 12.5 Å². The number of aliphatic imine (C=N–C) groups is 1. The molecule has 1 heterocycles. The molecule has 0 atom stereocenters. The molecular weight excluding hydrogens is 286 g/mol. The van der Waals surface area contributed by atoms with Crippen LogP contribution in [0.15, 0.2) is 34.5 Å². The van der Waals surface area contributed by atoms with Gasteiger partial charge in [-0.3, -0.25) is 4.99 Å². The molecular formula is C16H19NO5. The number of benzene rings is 1. The van der Waals surface area contributed by atoms with Crippen molar-refractivity contribution >= 4 is 11.7 Å². The molecule has 22 heavy (non-hydrogen) atoms. The Morgan fingerprint density at radius 3 is 2.64 bits per heavy atom. The summed E-state index contributed by atoms with van der Waals surface area (Å²) in [5.41, 5.74) is 1.70. The van der Waals surface area contributed by atoms with Crippen molar-refractivity contribution in [3.63, 3.8) is 0 Å². The van der Waals surface area contributed by atoms with E-state index >= 15 is 0 Å². The lowest BCUT2D eigenvalue weighted by Crippen LogP contribution is -2.09. The first-order valence-corrected chi connectivity index (χ1v) is 6.88. The van der Waals surface area contributed by atoms with Gasteiger partial charge in [0, 0.05) is 12.3 Å². The van der Waals surface area contributed by atoms with Crippen LogP contribution in [-0.2, 0) is 16.0 Å². The average Bonchev–Trinajstić information content (AvgIpc) is 2.86. The fourth-order valence-corrected chi connectivity index (χ4v) is 2.22. The van der Waals surface area contributed by atoms with Gasteiger partial charge in [-0.1, -0.05) is 6.07 Å². The number of hydrogen-bond donors (Lipinski definition) is 1. The molecule has 0 aliphatic carbocycles. The van der Waals surface area contributed by atoms with Crippen LogP contribution in [0.3, 0.4) is 0 Å². The lowest BCUT2D eigenvalue weighted by Gasteiger charge is -2.09. The maximum absolute atomic E-state index is 11.5. The molecule has 118 valence electrons. The number of esters is 1. The van der Waals surface area contributed by atoms with Gasteiger partial charge in [-0.15, -0.1) is 0 Å². The van der Waals surface area contributed by atoms with Crippen molar-refractivity contribution in [3.8, 4) is 11.5 Å². The third kappa shape index (κ3) is 3.39. The molecule has 6 nitrogen and oxygen atoms in total. The highest BCUT2D eigenvalue weighted by Crippen LogP contribution is 2.27. The molecule has 1 aromatic rings. The number of hydrogen-bond acceptors (Lipinski definition) is 6. The molecule has 1 N–H and O–H groups in total. The van der Waals surface area contributed by atoms with E-state index in [9.17, 15) is 9.90 Å². The second-order valence-corrected chi connectivity index (χ2v) is 4.80. The average molecular weight is 305 g/mol. The van der Waals surface area contributed by atoms with Crippen molar-refractivity contribution in [2.75, 3.05) is 27.4 Å². The van der Waals surface area contributed by atoms with Gasteiger partial charge in [0.2, 0.25) is 0 Å². The predicted octanol–water partition coefficient (Wildman–Crippen LogP) is 2.08. The second-order valence-electron chi connectivity index (χ2n) is 4.80. The minimum Gasteiger partial charge on any atom is -0.508 e. The Morgan fingerprint density at radius 1 is 1.32 bits per heavy atom. The SMILES string of the molecule is COc1ccc(CCN=C(C)C2=C(O)COC2=O)cc1OC. The summed E-state index contributed by atoms with van der Waals surface area (Å²) in [5, 5.41) is 9.59. The quantitative estimate of drug-likeness (QED) is 0.643. The topological polar surface area (TPSA) is 77.4 Å². The summed E-state index contributed by atoms with van der Waals surface area (Å²) in [6.45, 7) is 2.11. The summed E-state index contributed by atoms with van der Waals surface area (Å²) in [6.07, 6.45) is 0.681. The summed E-state index contributed by atoms with van der Waals surface area (Å²) in [7, 11) is 3.18. The summed E-state index contributed by atoms with van der Waals surface area (Å²) in [6, 6.07) is 5.67. The van der Waals surface area contributed by atoms with Crippen molar-refractivity contribution in [3.05, 3.63) is 35.1 Å². The molecule has 0 saturated carbocycles. The lowest BCUT2D eigenvalue weighted by molar-refractivity contribution is -0.135. The number of carbonyl (C=O) groups excluding carboxylic acids is 1. The maximum Gasteiger partial charge on any atom is 0.344 e. The normalized spacial score (nSPS) is 15.0. The van der Waals surface area contributed by atoms with Crippen LogP contribution >= 0.6 is 0 Å². The zero-order chi connectivity index (χ0) is 16.1. The Bertz CT molecular complexity index is 633. The first kappa shape index (κ1) is 15.9. The minimum atomic E-state index is -0.523. The smallest absolute Gasteiger partial charge is 0.344 e. The van der Waals surface area contributed by atoms with E-state index in [4.69, 9.17) is 14.2 Å². The summed E-state index contributed by atoms with van der Waals surface area (Å²) in [5.74, 6) is 0.761. The molecule has 1 aromatic carbocycles. The van der Waals surface area contributed by atoms with Gasteiger partial charge in [-0.2, -0.15) is 0 Å². The molecule has 0 radical (unpaired) electrons. The van der Waals surface area contributed by atoms with Crippen LogP contribution in [-0.4, -0.2) is 44.2 Å². The molecule has 1 aliphatic rings. The monoisotopic (exact) mass is 305 g/mol. The Hall–Kier alpha value is -2.50. The van der Waals surface area contributed by atoms with Crippen LogP contribution in [0.25, 0.3) is 0 Å². The van der Waals surface area contributed by atoms with Crippen molar-refractivity contribution in [1.82, 2.24) is 0 Å². The number of nitrogens with zero attached hydrogens (tertiary/aromatic N) is 1. The number of methoxy groups -OCH3 is 2. The van der Waals surface area contributed by atoms with E-state index in [0.29, 0.717) is 30.2 Å². The predicted molar refractivity (Wildman–Crippen MR) is 81.8 cm³/mol. The number of rotatable bonds is 6. The van der Waals surface area contributed by atoms with E-state index in [1.165, 1.54) is 0 Å². The molecule has 0 amide bonds. The van der Waals surface area contributed by atoms with Gasteiger partial charge in [-0.05, 0) is 31.0 Å². The van der Waals surface area contributed by atoms with Gasteiger partial charge in [0.05, 0.1) is 14.2 Å². The van der Waals surface area contributed by atoms with E-state index in [1.54, 1.807) is 21.1 Å². The summed E-state index contributed by atoms with van der Waals surface area (Å²) in [4.78, 5) is 15.8. The Labute approximate surface area is 129 Å². The van der Waals surface area contributed by atoms with Crippen LogP contribution in [0.5, 0.6) is 11.5 Å². The fraction of sp³-hybridized carbons (Fsp3) is 0.375. The number of cyclic esters (lactones) is 1. The number of aliphatic hydroxyl groups excluding tert-OH is 1. The van der Waals surface area contributed by atoms with Gasteiger partial charge < -0.3 is 19.3 Å². The number of ether oxygens (including phenoxy) is 3. The van der Waals surface area contributed by atoms with E-state index < -0.39 is 5.97 Å². The highest BCUT2D eigenvalue weighted by Gasteiger charge is 2.26. The molecule has 2 rings (SSSR count). The first-order chi connectivity index (χ1) is 10.6. The van der Waals surface area contributed by atoms with Crippen LogP contribution in [0.2, 0.25) is 0 Å². The highest BCUT2D eigenvalue weighted by molar-refractivity contribution is 6.20. The second kappa shape index (κ2) is 6.98. The molecule has 0 bridgehead atoms. The van der Waals surface area contributed by atoms with Crippen molar-refractivity contribution in [2.45, 2.75) is 13.3 Å². The van der Waals surface area contributed by atoms with Gasteiger partial charge in [0.1, 0.15) is 17.9 Å².